The molecule has 6 atom stereocenters. The predicted octanol–water partition coefficient (Wildman–Crippen LogP) is 1.19. The Morgan fingerprint density at radius 3 is 2.49 bits per heavy atom. The summed E-state index contributed by atoms with van der Waals surface area (Å²) in [5.41, 5.74) is 6.42. The Kier molecular flexibility index (Phi) is 6.41. The Morgan fingerprint density at radius 2 is 1.81 bits per heavy atom. The number of carbonyl (C=O) groups is 3. The van der Waals surface area contributed by atoms with Crippen LogP contribution in [0.1, 0.15) is 74.4 Å². The molecule has 0 bridgehead atoms. The molecule has 1 heterocycles. The van der Waals surface area contributed by atoms with Crippen molar-refractivity contribution < 1.29 is 44.3 Å². The summed E-state index contributed by atoms with van der Waals surface area (Å²) in [6, 6.07) is 4.16. The molecule has 0 radical (unpaired) electrons. The zero-order valence-electron chi connectivity index (χ0n) is 20.4. The van der Waals surface area contributed by atoms with Gasteiger partial charge in [0.25, 0.3) is 0 Å². The second-order valence-corrected chi connectivity index (χ2v) is 10.0. The number of fused-ring (bicyclic) bond motifs is 3. The van der Waals surface area contributed by atoms with Crippen molar-refractivity contribution in [3.8, 4) is 11.5 Å². The summed E-state index contributed by atoms with van der Waals surface area (Å²) in [6.07, 6.45) is -3.40. The average Bonchev–Trinajstić information content (AvgIpc) is 2.86. The Bertz CT molecular complexity index is 1310. The molecule has 0 amide bonds. The summed E-state index contributed by atoms with van der Waals surface area (Å²) in [7, 11) is 0. The van der Waals surface area contributed by atoms with Crippen LogP contribution in [0.2, 0.25) is 0 Å². The highest BCUT2D eigenvalue weighted by atomic mass is 16.7. The number of aromatic hydroxyl groups is 2. The number of aliphatic hydroxyl groups excluding tert-OH is 2. The number of benzene rings is 2. The van der Waals surface area contributed by atoms with Crippen molar-refractivity contribution in [2.75, 3.05) is 6.61 Å². The third-order valence-electron chi connectivity index (χ3n) is 7.74. The predicted molar refractivity (Wildman–Crippen MR) is 128 cm³/mol. The molecule has 2 aliphatic carbocycles. The van der Waals surface area contributed by atoms with E-state index in [1.165, 1.54) is 6.07 Å². The van der Waals surface area contributed by atoms with Crippen molar-refractivity contribution in [3.05, 3.63) is 57.1 Å². The molecule has 1 saturated heterocycles. The van der Waals surface area contributed by atoms with Crippen LogP contribution in [-0.2, 0) is 20.7 Å². The molecule has 196 valence electrons. The fourth-order valence-corrected chi connectivity index (χ4v) is 5.77. The quantitative estimate of drug-likeness (QED) is 0.320. The van der Waals surface area contributed by atoms with E-state index in [1.807, 2.05) is 0 Å². The summed E-state index contributed by atoms with van der Waals surface area (Å²) in [6.45, 7) is 2.58. The highest BCUT2D eigenvalue weighted by Gasteiger charge is 2.44. The van der Waals surface area contributed by atoms with Crippen molar-refractivity contribution >= 4 is 17.3 Å². The molecule has 2 aromatic carbocycles. The number of carbonyl (C=O) groups excluding carboxylic acids is 3. The molecule has 1 fully saturated rings. The first-order chi connectivity index (χ1) is 17.5. The Labute approximate surface area is 212 Å². The number of hydrogen-bond acceptors (Lipinski definition) is 10. The number of ketones is 3. The van der Waals surface area contributed by atoms with E-state index >= 15 is 0 Å². The lowest BCUT2D eigenvalue weighted by molar-refractivity contribution is -0.243. The molecular formula is C27H29NO9. The van der Waals surface area contributed by atoms with Crippen molar-refractivity contribution in [2.24, 2.45) is 11.7 Å². The van der Waals surface area contributed by atoms with Crippen LogP contribution in [0.4, 0.5) is 0 Å². The number of aryl methyl sites for hydroxylation is 1. The van der Waals surface area contributed by atoms with Gasteiger partial charge in [0.05, 0.1) is 29.4 Å². The van der Waals surface area contributed by atoms with Gasteiger partial charge in [0.15, 0.2) is 23.6 Å². The fraction of sp³-hybridized carbons (Fsp3) is 0.444. The maximum Gasteiger partial charge on any atom is 0.198 e. The van der Waals surface area contributed by atoms with Gasteiger partial charge in [0.2, 0.25) is 0 Å². The summed E-state index contributed by atoms with van der Waals surface area (Å²) < 4.78 is 11.9. The first-order valence-corrected chi connectivity index (χ1v) is 12.2. The first-order valence-electron chi connectivity index (χ1n) is 12.2. The second-order valence-electron chi connectivity index (χ2n) is 10.0. The van der Waals surface area contributed by atoms with E-state index in [0.717, 1.165) is 0 Å². The minimum Gasteiger partial charge on any atom is -0.507 e. The average molecular weight is 512 g/mol. The summed E-state index contributed by atoms with van der Waals surface area (Å²) in [4.78, 5) is 39.5. The van der Waals surface area contributed by atoms with Crippen molar-refractivity contribution in [1.29, 1.82) is 0 Å². The van der Waals surface area contributed by atoms with Crippen molar-refractivity contribution in [3.63, 3.8) is 0 Å². The number of hydrogen-bond donors (Lipinski definition) is 5. The van der Waals surface area contributed by atoms with Gasteiger partial charge in [-0.2, -0.15) is 0 Å². The Morgan fingerprint density at radius 1 is 1.11 bits per heavy atom. The smallest absolute Gasteiger partial charge is 0.198 e. The highest BCUT2D eigenvalue weighted by Crippen LogP contribution is 2.51. The standard InChI is InChI=1S/C27H29NO9/c1-10-4-3-5-13-19(10)26(34)22-21(24(13)32)25(33)14-6-12(16(30)9-29)7-17(20(14)27(22)35)37-18-8-15(28)23(31)11(2)36-18/h3-5,11-12,15,17-18,23,29,31,33,35H,6-9,28H2,1-2H3. The molecule has 1 aliphatic heterocycles. The fourth-order valence-electron chi connectivity index (χ4n) is 5.77. The SMILES string of the molecule is Cc1cccc2c1C(=O)c1c(O)c3c(c(O)c1C2=O)CC(C(=O)CO)CC3OC1CC(N)C(O)C(C)O1. The van der Waals surface area contributed by atoms with Crippen LogP contribution in [0, 0.1) is 12.8 Å². The van der Waals surface area contributed by atoms with Gasteiger partial charge in [0, 0.05) is 40.6 Å². The van der Waals surface area contributed by atoms with Crippen molar-refractivity contribution in [1.82, 2.24) is 0 Å². The molecule has 6 N–H and O–H groups in total. The van der Waals surface area contributed by atoms with Gasteiger partial charge >= 0.3 is 0 Å². The molecule has 6 unspecified atom stereocenters. The third kappa shape index (κ3) is 3.96. The van der Waals surface area contributed by atoms with Gasteiger partial charge in [0.1, 0.15) is 18.1 Å². The topological polar surface area (TPSA) is 177 Å². The largest absolute Gasteiger partial charge is 0.507 e. The monoisotopic (exact) mass is 511 g/mol. The summed E-state index contributed by atoms with van der Waals surface area (Å²) in [5, 5.41) is 42.4. The van der Waals surface area contributed by atoms with Crippen LogP contribution in [0.25, 0.3) is 0 Å². The van der Waals surface area contributed by atoms with Crippen LogP contribution < -0.4 is 5.73 Å². The van der Waals surface area contributed by atoms with Gasteiger partial charge in [-0.1, -0.05) is 18.2 Å². The summed E-state index contributed by atoms with van der Waals surface area (Å²) >= 11 is 0. The molecule has 37 heavy (non-hydrogen) atoms. The maximum absolute atomic E-state index is 13.6. The minimum absolute atomic E-state index is 0.0297. The van der Waals surface area contributed by atoms with Gasteiger partial charge in [-0.25, -0.2) is 0 Å². The van der Waals surface area contributed by atoms with Crippen molar-refractivity contribution in [2.45, 2.75) is 63.8 Å². The van der Waals surface area contributed by atoms with Gasteiger partial charge in [-0.3, -0.25) is 14.4 Å². The van der Waals surface area contributed by atoms with E-state index in [0.29, 0.717) is 5.56 Å². The lowest BCUT2D eigenvalue weighted by atomic mass is 9.73. The molecular weight excluding hydrogens is 482 g/mol. The number of ether oxygens (including phenoxy) is 2. The van der Waals surface area contributed by atoms with E-state index < -0.39 is 72.0 Å². The maximum atomic E-state index is 13.6. The van der Waals surface area contributed by atoms with E-state index in [4.69, 9.17) is 15.2 Å². The van der Waals surface area contributed by atoms with Crippen LogP contribution in [0.15, 0.2) is 18.2 Å². The molecule has 0 spiro atoms. The minimum atomic E-state index is -1.03. The van der Waals surface area contributed by atoms with Gasteiger partial charge in [-0.05, 0) is 32.3 Å². The number of aliphatic hydroxyl groups is 2. The second kappa shape index (κ2) is 9.30. The normalized spacial score (nSPS) is 28.9. The molecule has 3 aliphatic rings. The number of nitrogens with two attached hydrogens (primary N) is 1. The Balaban J connectivity index is 1.65. The third-order valence-corrected chi connectivity index (χ3v) is 7.74. The molecule has 10 heteroatoms. The van der Waals surface area contributed by atoms with Crippen LogP contribution in [0.5, 0.6) is 11.5 Å². The zero-order valence-corrected chi connectivity index (χ0v) is 20.4. The van der Waals surface area contributed by atoms with Crippen LogP contribution in [-0.4, -0.2) is 68.9 Å². The van der Waals surface area contributed by atoms with E-state index in [1.54, 1.807) is 26.0 Å². The molecule has 5 rings (SSSR count). The van der Waals surface area contributed by atoms with E-state index in [-0.39, 0.29) is 52.6 Å². The summed E-state index contributed by atoms with van der Waals surface area (Å²) in [5.74, 6) is -3.48. The highest BCUT2D eigenvalue weighted by molar-refractivity contribution is 6.31. The van der Waals surface area contributed by atoms with Crippen LogP contribution in [0.3, 0.4) is 0 Å². The molecule has 0 saturated carbocycles. The van der Waals surface area contributed by atoms with E-state index in [2.05, 4.69) is 0 Å². The lowest BCUT2D eigenvalue weighted by Gasteiger charge is -2.40. The number of phenolic OH excluding ortho intramolecular Hbond substituents is 2. The van der Waals surface area contributed by atoms with Crippen LogP contribution >= 0.6 is 0 Å². The molecule has 2 aromatic rings. The zero-order chi connectivity index (χ0) is 26.8. The van der Waals surface area contributed by atoms with Gasteiger partial charge in [-0.15, -0.1) is 0 Å². The number of phenols is 2. The van der Waals surface area contributed by atoms with Gasteiger partial charge < -0.3 is 35.6 Å². The molecule has 10 nitrogen and oxygen atoms in total. The molecule has 0 aromatic heterocycles. The van der Waals surface area contributed by atoms with E-state index in [9.17, 15) is 34.8 Å². The first kappa shape index (κ1) is 25.5. The number of Topliss-reactive ketones (excluding diaryl/α,β-unsaturated/α-hetero) is 1. The lowest BCUT2D eigenvalue weighted by Crippen LogP contribution is -2.52. The Hall–Kier alpha value is -3.15. The number of rotatable bonds is 4.